The summed E-state index contributed by atoms with van der Waals surface area (Å²) in [6.07, 6.45) is 0. The number of hydrogen-bond donors (Lipinski definition) is 2. The quantitative estimate of drug-likeness (QED) is 0.689. The van der Waals surface area contributed by atoms with E-state index in [9.17, 15) is 9.59 Å². The largest absolute Gasteiger partial charge is 0.486 e. The van der Waals surface area contributed by atoms with Gasteiger partial charge < -0.3 is 20.1 Å². The first-order valence-corrected chi connectivity index (χ1v) is 9.98. The van der Waals surface area contributed by atoms with E-state index in [1.54, 1.807) is 36.4 Å². The summed E-state index contributed by atoms with van der Waals surface area (Å²) in [4.78, 5) is 25.4. The van der Waals surface area contributed by atoms with E-state index in [1.165, 1.54) is 0 Å². The zero-order valence-electron chi connectivity index (χ0n) is 15.4. The molecule has 1 aliphatic rings. The number of hydrogen-bond acceptors (Lipinski definition) is 4. The molecule has 0 bridgehead atoms. The molecule has 0 fully saturated rings. The molecule has 0 radical (unpaired) electrons. The molecule has 6 nitrogen and oxygen atoms in total. The van der Waals surface area contributed by atoms with Gasteiger partial charge in [0.15, 0.2) is 11.5 Å². The fourth-order valence-corrected chi connectivity index (χ4v) is 3.28. The van der Waals surface area contributed by atoms with Crippen molar-refractivity contribution in [3.63, 3.8) is 0 Å². The third-order valence-electron chi connectivity index (χ3n) is 4.23. The number of carbonyl (C=O) groups excluding carboxylic acids is 2. The minimum Gasteiger partial charge on any atom is -0.486 e. The number of ether oxygens (including phenoxy) is 2. The van der Waals surface area contributed by atoms with Gasteiger partial charge in [0.2, 0.25) is 5.91 Å². The molecule has 2 aromatic carbocycles. The van der Waals surface area contributed by atoms with E-state index < -0.39 is 6.04 Å². The van der Waals surface area contributed by atoms with Gasteiger partial charge >= 0.3 is 0 Å². The Morgan fingerprint density at radius 1 is 1.07 bits per heavy atom. The highest BCUT2D eigenvalue weighted by Crippen LogP contribution is 2.38. The Balaban J connectivity index is 1.74. The Labute approximate surface area is 176 Å². The van der Waals surface area contributed by atoms with Crippen LogP contribution in [0.5, 0.6) is 11.5 Å². The van der Waals surface area contributed by atoms with Gasteiger partial charge in [-0.2, -0.15) is 0 Å². The van der Waals surface area contributed by atoms with Gasteiger partial charge in [-0.05, 0) is 46.1 Å². The molecule has 0 aliphatic carbocycles. The molecule has 0 spiro atoms. The fourth-order valence-electron chi connectivity index (χ4n) is 2.73. The standard InChI is InChI=1S/C20H20BrClN2O4/c1-11(2)18(24-19(25)12-3-5-13(22)6-4-12)20(26)23-15-10-17-16(9-14(15)21)27-7-8-28-17/h3-6,9-11,18H,7-8H2,1-2H3,(H,23,26)(H,24,25). The van der Waals surface area contributed by atoms with Crippen molar-refractivity contribution >= 4 is 45.0 Å². The van der Waals surface area contributed by atoms with Gasteiger partial charge in [-0.25, -0.2) is 0 Å². The Morgan fingerprint density at radius 3 is 2.29 bits per heavy atom. The number of fused-ring (bicyclic) bond motifs is 1. The van der Waals surface area contributed by atoms with Gasteiger partial charge in [-0.15, -0.1) is 0 Å². The van der Waals surface area contributed by atoms with Crippen molar-refractivity contribution in [3.8, 4) is 11.5 Å². The smallest absolute Gasteiger partial charge is 0.251 e. The molecule has 8 heteroatoms. The lowest BCUT2D eigenvalue weighted by Gasteiger charge is -2.23. The van der Waals surface area contributed by atoms with Crippen molar-refractivity contribution in [2.45, 2.75) is 19.9 Å². The molecule has 1 unspecified atom stereocenters. The molecule has 148 valence electrons. The molecule has 3 rings (SSSR count). The van der Waals surface area contributed by atoms with Gasteiger partial charge in [0.05, 0.1) is 5.69 Å². The van der Waals surface area contributed by atoms with Crippen molar-refractivity contribution in [3.05, 3.63) is 51.5 Å². The van der Waals surface area contributed by atoms with Crippen LogP contribution in [0.25, 0.3) is 0 Å². The van der Waals surface area contributed by atoms with Crippen LogP contribution in [0.1, 0.15) is 24.2 Å². The predicted molar refractivity (Wildman–Crippen MR) is 111 cm³/mol. The third-order valence-corrected chi connectivity index (χ3v) is 5.14. The van der Waals surface area contributed by atoms with Gasteiger partial charge in [-0.1, -0.05) is 25.4 Å². The minimum atomic E-state index is -0.719. The molecule has 1 atom stereocenters. The number of nitrogens with one attached hydrogen (secondary N) is 2. The average Bonchev–Trinajstić information content (AvgIpc) is 2.66. The summed E-state index contributed by atoms with van der Waals surface area (Å²) in [5.74, 6) is 0.400. The molecule has 2 amide bonds. The van der Waals surface area contributed by atoms with Crippen molar-refractivity contribution < 1.29 is 19.1 Å². The monoisotopic (exact) mass is 466 g/mol. The topological polar surface area (TPSA) is 76.7 Å². The summed E-state index contributed by atoms with van der Waals surface area (Å²) in [5.41, 5.74) is 0.976. The first-order valence-electron chi connectivity index (χ1n) is 8.81. The SMILES string of the molecule is CC(C)C(NC(=O)c1ccc(Cl)cc1)C(=O)Nc1cc2c(cc1Br)OCCO2. The first-order chi connectivity index (χ1) is 13.3. The van der Waals surface area contributed by atoms with Crippen LogP contribution in [-0.4, -0.2) is 31.1 Å². The van der Waals surface area contributed by atoms with Crippen LogP contribution in [0.3, 0.4) is 0 Å². The lowest BCUT2D eigenvalue weighted by atomic mass is 10.0. The fraction of sp³-hybridized carbons (Fsp3) is 0.300. The Hall–Kier alpha value is -2.25. The molecule has 0 saturated heterocycles. The molecule has 1 heterocycles. The molecule has 1 aliphatic heterocycles. The van der Waals surface area contributed by atoms with Crippen LogP contribution < -0.4 is 20.1 Å². The van der Waals surface area contributed by atoms with Crippen LogP contribution >= 0.6 is 27.5 Å². The van der Waals surface area contributed by atoms with Gasteiger partial charge in [0, 0.05) is 27.2 Å². The summed E-state index contributed by atoms with van der Waals surface area (Å²) < 4.78 is 11.8. The summed E-state index contributed by atoms with van der Waals surface area (Å²) in [6, 6.07) is 9.23. The molecule has 28 heavy (non-hydrogen) atoms. The van der Waals surface area contributed by atoms with Crippen molar-refractivity contribution in [2.75, 3.05) is 18.5 Å². The second kappa shape index (κ2) is 8.84. The number of halogens is 2. The lowest BCUT2D eigenvalue weighted by Crippen LogP contribution is -2.47. The van der Waals surface area contributed by atoms with E-state index in [1.807, 2.05) is 13.8 Å². The van der Waals surface area contributed by atoms with E-state index in [0.717, 1.165) is 0 Å². The number of rotatable bonds is 5. The van der Waals surface area contributed by atoms with Crippen LogP contribution in [0, 0.1) is 5.92 Å². The van der Waals surface area contributed by atoms with E-state index in [-0.39, 0.29) is 17.7 Å². The zero-order valence-corrected chi connectivity index (χ0v) is 17.8. The summed E-state index contributed by atoms with van der Waals surface area (Å²) in [5, 5.41) is 6.18. The maximum absolute atomic E-state index is 12.9. The van der Waals surface area contributed by atoms with Crippen molar-refractivity contribution in [2.24, 2.45) is 5.92 Å². The van der Waals surface area contributed by atoms with Gasteiger partial charge in [-0.3, -0.25) is 9.59 Å². The van der Waals surface area contributed by atoms with E-state index in [4.69, 9.17) is 21.1 Å². The minimum absolute atomic E-state index is 0.118. The van der Waals surface area contributed by atoms with E-state index >= 15 is 0 Å². The summed E-state index contributed by atoms with van der Waals surface area (Å²) in [6.45, 7) is 4.67. The summed E-state index contributed by atoms with van der Waals surface area (Å²) >= 11 is 9.29. The van der Waals surface area contributed by atoms with Crippen LogP contribution in [0.2, 0.25) is 5.02 Å². The van der Waals surface area contributed by atoms with Crippen molar-refractivity contribution in [1.82, 2.24) is 5.32 Å². The van der Waals surface area contributed by atoms with Crippen LogP contribution in [-0.2, 0) is 4.79 Å². The van der Waals surface area contributed by atoms with Crippen LogP contribution in [0.4, 0.5) is 5.69 Å². The maximum Gasteiger partial charge on any atom is 0.251 e. The molecular formula is C20H20BrClN2O4. The van der Waals surface area contributed by atoms with E-state index in [2.05, 4.69) is 26.6 Å². The Bertz CT molecular complexity index is 887. The predicted octanol–water partition coefficient (Wildman–Crippen LogP) is 4.27. The molecule has 0 aromatic heterocycles. The first kappa shape index (κ1) is 20.5. The number of carbonyl (C=O) groups is 2. The number of anilines is 1. The number of benzene rings is 2. The highest BCUT2D eigenvalue weighted by atomic mass is 79.9. The van der Waals surface area contributed by atoms with Gasteiger partial charge in [0.25, 0.3) is 5.91 Å². The van der Waals surface area contributed by atoms with E-state index in [0.29, 0.717) is 45.5 Å². The van der Waals surface area contributed by atoms with Crippen LogP contribution in [0.15, 0.2) is 40.9 Å². The molecule has 0 saturated carbocycles. The molecule has 2 N–H and O–H groups in total. The second-order valence-electron chi connectivity index (χ2n) is 6.67. The maximum atomic E-state index is 12.9. The average molecular weight is 468 g/mol. The van der Waals surface area contributed by atoms with Crippen molar-refractivity contribution in [1.29, 1.82) is 0 Å². The second-order valence-corrected chi connectivity index (χ2v) is 7.96. The van der Waals surface area contributed by atoms with Gasteiger partial charge in [0.1, 0.15) is 19.3 Å². The Morgan fingerprint density at radius 2 is 1.68 bits per heavy atom. The third kappa shape index (κ3) is 4.77. The molecular weight excluding hydrogens is 448 g/mol. The normalized spacial score (nSPS) is 13.8. The molecule has 2 aromatic rings. The Kier molecular flexibility index (Phi) is 6.46. The summed E-state index contributed by atoms with van der Waals surface area (Å²) in [7, 11) is 0. The highest BCUT2D eigenvalue weighted by molar-refractivity contribution is 9.10. The highest BCUT2D eigenvalue weighted by Gasteiger charge is 2.26. The lowest BCUT2D eigenvalue weighted by molar-refractivity contribution is -0.118. The number of amides is 2. The zero-order chi connectivity index (χ0) is 20.3.